The van der Waals surface area contributed by atoms with Crippen molar-refractivity contribution in [3.63, 3.8) is 0 Å². The fourth-order valence-corrected chi connectivity index (χ4v) is 5.82. The normalized spacial score (nSPS) is 20.3. The van der Waals surface area contributed by atoms with Crippen LogP contribution in [0.25, 0.3) is 11.3 Å². The first-order chi connectivity index (χ1) is 12.8. The molecule has 1 fully saturated rings. The number of aromatic amines is 1. The highest BCUT2D eigenvalue weighted by Gasteiger charge is 2.40. The van der Waals surface area contributed by atoms with E-state index in [2.05, 4.69) is 35.9 Å². The van der Waals surface area contributed by atoms with E-state index in [1.807, 2.05) is 24.3 Å². The van der Waals surface area contributed by atoms with Gasteiger partial charge in [-0.3, -0.25) is 4.79 Å². The lowest BCUT2D eigenvalue weighted by atomic mass is 9.80. The average molecular weight is 385 g/mol. The first-order valence-corrected chi connectivity index (χ1v) is 11.0. The molecule has 0 atom stereocenters. The lowest BCUT2D eigenvalue weighted by Crippen LogP contribution is -2.42. The van der Waals surface area contributed by atoms with Crippen molar-refractivity contribution in [1.82, 2.24) is 4.98 Å². The summed E-state index contributed by atoms with van der Waals surface area (Å²) in [6.45, 7) is 5.50. The second-order valence-corrected chi connectivity index (χ2v) is 9.73. The number of rotatable bonds is 2. The first-order valence-electron chi connectivity index (χ1n) is 9.25. The smallest absolute Gasteiger partial charge is 0.271 e. The van der Waals surface area contributed by atoms with Crippen LogP contribution in [0.2, 0.25) is 0 Å². The van der Waals surface area contributed by atoms with Gasteiger partial charge in [-0.15, -0.1) is 0 Å². The Kier molecular flexibility index (Phi) is 4.26. The van der Waals surface area contributed by atoms with Gasteiger partial charge < -0.3 is 9.88 Å². The van der Waals surface area contributed by atoms with Gasteiger partial charge >= 0.3 is 0 Å². The van der Waals surface area contributed by atoms with Crippen molar-refractivity contribution in [3.05, 3.63) is 63.3 Å². The number of allylic oxidation sites excluding steroid dienone is 1. The summed E-state index contributed by atoms with van der Waals surface area (Å²) < 4.78 is 23.5. The van der Waals surface area contributed by atoms with Gasteiger partial charge in [-0.25, -0.2) is 8.42 Å². The molecule has 1 N–H and O–H groups in total. The second-order valence-electron chi connectivity index (χ2n) is 7.84. The van der Waals surface area contributed by atoms with Crippen molar-refractivity contribution in [2.75, 3.05) is 23.7 Å². The van der Waals surface area contributed by atoms with E-state index in [0.29, 0.717) is 18.8 Å². The van der Waals surface area contributed by atoms with E-state index in [-0.39, 0.29) is 16.7 Å². The minimum absolute atomic E-state index is 0.101. The number of aryl methyl sites for hydroxylation is 2. The van der Waals surface area contributed by atoms with Crippen LogP contribution in [-0.4, -0.2) is 32.2 Å². The molecule has 142 valence electrons. The molecule has 2 aliphatic heterocycles. The van der Waals surface area contributed by atoms with E-state index in [9.17, 15) is 13.2 Å². The van der Waals surface area contributed by atoms with Gasteiger partial charge in [0.2, 0.25) is 0 Å². The summed E-state index contributed by atoms with van der Waals surface area (Å²) in [7, 11) is -3.05. The summed E-state index contributed by atoms with van der Waals surface area (Å²) >= 11 is 0. The largest absolute Gasteiger partial charge is 0.367 e. The second kappa shape index (κ2) is 6.37. The van der Waals surface area contributed by atoms with Gasteiger partial charge in [-0.2, -0.15) is 0 Å². The Morgan fingerprint density at radius 3 is 2.37 bits per heavy atom. The van der Waals surface area contributed by atoms with Gasteiger partial charge in [0.05, 0.1) is 5.75 Å². The number of benzene rings is 1. The number of aromatic nitrogens is 1. The quantitative estimate of drug-likeness (QED) is 0.863. The van der Waals surface area contributed by atoms with Crippen LogP contribution < -0.4 is 10.5 Å². The van der Waals surface area contributed by atoms with E-state index in [1.54, 1.807) is 0 Å². The predicted octanol–water partition coefficient (Wildman–Crippen LogP) is 3.19. The maximum atomic E-state index is 12.7. The third kappa shape index (κ3) is 3.46. The van der Waals surface area contributed by atoms with Gasteiger partial charge in [-0.05, 0) is 61.6 Å². The van der Waals surface area contributed by atoms with Crippen molar-refractivity contribution in [1.29, 1.82) is 0 Å². The summed E-state index contributed by atoms with van der Waals surface area (Å²) in [5.74, 6) is 0.204. The first kappa shape index (κ1) is 18.0. The number of hydrogen-bond donors (Lipinski definition) is 1. The SMILES string of the molecule is Cc1ccc(-c2ccc(N3CCC4(C=CS(=O)(=O)C4)CC3)c(=O)[nH]2)cc1C. The topological polar surface area (TPSA) is 70.2 Å². The highest BCUT2D eigenvalue weighted by molar-refractivity contribution is 7.94. The maximum Gasteiger partial charge on any atom is 0.271 e. The number of sulfone groups is 1. The lowest BCUT2D eigenvalue weighted by Gasteiger charge is -2.38. The van der Waals surface area contributed by atoms with Gasteiger partial charge in [0.15, 0.2) is 9.84 Å². The van der Waals surface area contributed by atoms with Crippen LogP contribution in [0.1, 0.15) is 24.0 Å². The Hall–Kier alpha value is -2.34. The van der Waals surface area contributed by atoms with E-state index in [0.717, 1.165) is 24.1 Å². The number of nitrogens with zero attached hydrogens (tertiary/aromatic N) is 1. The molecule has 0 amide bonds. The summed E-state index contributed by atoms with van der Waals surface area (Å²) in [4.78, 5) is 17.7. The lowest BCUT2D eigenvalue weighted by molar-refractivity contribution is 0.333. The highest BCUT2D eigenvalue weighted by Crippen LogP contribution is 2.39. The number of nitrogens with one attached hydrogen (secondary N) is 1. The molecule has 0 saturated carbocycles. The zero-order valence-corrected chi connectivity index (χ0v) is 16.5. The Morgan fingerprint density at radius 2 is 1.78 bits per heavy atom. The minimum atomic E-state index is -3.05. The molecule has 5 nitrogen and oxygen atoms in total. The molecule has 2 aromatic rings. The van der Waals surface area contributed by atoms with Gasteiger partial charge in [0.25, 0.3) is 5.56 Å². The molecule has 1 aromatic carbocycles. The van der Waals surface area contributed by atoms with E-state index >= 15 is 0 Å². The Balaban J connectivity index is 1.53. The molecule has 1 saturated heterocycles. The van der Waals surface area contributed by atoms with Crippen LogP contribution >= 0.6 is 0 Å². The average Bonchev–Trinajstić information content (AvgIpc) is 2.93. The standard InChI is InChI=1S/C21H24N2O3S/c1-15-3-4-17(13-16(15)2)18-5-6-19(20(24)22-18)23-10-7-21(8-11-23)9-12-27(25,26)14-21/h3-6,9,12-13H,7-8,10-11,14H2,1-2H3,(H,22,24). The number of hydrogen-bond acceptors (Lipinski definition) is 4. The monoisotopic (exact) mass is 384 g/mol. The Morgan fingerprint density at radius 1 is 1.04 bits per heavy atom. The van der Waals surface area contributed by atoms with E-state index in [4.69, 9.17) is 0 Å². The summed E-state index contributed by atoms with van der Waals surface area (Å²) in [6.07, 6.45) is 3.36. The van der Waals surface area contributed by atoms with Crippen LogP contribution in [0.3, 0.4) is 0 Å². The molecule has 0 bridgehead atoms. The van der Waals surface area contributed by atoms with Gasteiger partial charge in [0, 0.05) is 29.6 Å². The fraction of sp³-hybridized carbons (Fsp3) is 0.381. The van der Waals surface area contributed by atoms with Crippen LogP contribution in [0, 0.1) is 19.3 Å². The van der Waals surface area contributed by atoms with E-state index in [1.165, 1.54) is 16.5 Å². The summed E-state index contributed by atoms with van der Waals surface area (Å²) in [6, 6.07) is 9.99. The molecule has 0 radical (unpaired) electrons. The van der Waals surface area contributed by atoms with Crippen molar-refractivity contribution in [2.24, 2.45) is 5.41 Å². The molecule has 4 rings (SSSR count). The molecule has 1 spiro atoms. The van der Waals surface area contributed by atoms with Crippen molar-refractivity contribution >= 4 is 15.5 Å². The predicted molar refractivity (Wildman–Crippen MR) is 109 cm³/mol. The van der Waals surface area contributed by atoms with Gasteiger partial charge in [-0.1, -0.05) is 18.2 Å². The third-order valence-electron chi connectivity index (χ3n) is 5.92. The number of anilines is 1. The number of piperidine rings is 1. The maximum absolute atomic E-state index is 12.7. The van der Waals surface area contributed by atoms with E-state index < -0.39 is 9.84 Å². The molecule has 27 heavy (non-hydrogen) atoms. The van der Waals surface area contributed by atoms with Crippen molar-refractivity contribution < 1.29 is 8.42 Å². The minimum Gasteiger partial charge on any atom is -0.367 e. The Bertz CT molecular complexity index is 1070. The molecule has 2 aliphatic rings. The molecule has 1 aromatic heterocycles. The molecule has 0 aliphatic carbocycles. The molecule has 6 heteroatoms. The highest BCUT2D eigenvalue weighted by atomic mass is 32.2. The third-order valence-corrected chi connectivity index (χ3v) is 7.45. The Labute approximate surface area is 159 Å². The van der Waals surface area contributed by atoms with Crippen LogP contribution in [0.4, 0.5) is 5.69 Å². The molecule has 3 heterocycles. The summed E-state index contributed by atoms with van der Waals surface area (Å²) in [5, 5.41) is 1.35. The van der Waals surface area contributed by atoms with Crippen molar-refractivity contribution in [3.8, 4) is 11.3 Å². The zero-order valence-electron chi connectivity index (χ0n) is 15.7. The molecular formula is C21H24N2O3S. The molecule has 0 unspecified atom stereocenters. The van der Waals surface area contributed by atoms with Crippen LogP contribution in [-0.2, 0) is 9.84 Å². The molecular weight excluding hydrogens is 360 g/mol. The van der Waals surface area contributed by atoms with Crippen LogP contribution in [0.5, 0.6) is 0 Å². The number of H-pyrrole nitrogens is 1. The van der Waals surface area contributed by atoms with Crippen LogP contribution in [0.15, 0.2) is 46.6 Å². The van der Waals surface area contributed by atoms with Gasteiger partial charge in [0.1, 0.15) is 5.69 Å². The zero-order chi connectivity index (χ0) is 19.2. The fourth-order valence-electron chi connectivity index (χ4n) is 4.04. The number of pyridine rings is 1. The summed E-state index contributed by atoms with van der Waals surface area (Å²) in [5.41, 5.74) is 4.53. The van der Waals surface area contributed by atoms with Crippen molar-refractivity contribution in [2.45, 2.75) is 26.7 Å².